The number of nitrogens with one attached hydrogen (secondary N) is 1. The first-order chi connectivity index (χ1) is 9.08. The highest BCUT2D eigenvalue weighted by molar-refractivity contribution is 9.10. The molecule has 1 amide bonds. The number of rotatable bonds is 3. The average molecular weight is 323 g/mol. The molecular weight excluding hydrogens is 312 g/mol. The average Bonchev–Trinajstić information content (AvgIpc) is 2.38. The van der Waals surface area contributed by atoms with Gasteiger partial charge in [0.1, 0.15) is 11.5 Å². The van der Waals surface area contributed by atoms with Gasteiger partial charge in [0.25, 0.3) is 5.91 Å². The first kappa shape index (κ1) is 13.4. The van der Waals surface area contributed by atoms with Crippen molar-refractivity contribution >= 4 is 27.5 Å². The van der Waals surface area contributed by atoms with Crippen LogP contribution in [-0.2, 0) is 0 Å². The molecule has 6 heteroatoms. The fourth-order valence-corrected chi connectivity index (χ4v) is 1.98. The number of anilines is 1. The van der Waals surface area contributed by atoms with E-state index in [1.54, 1.807) is 25.3 Å². The SMILES string of the molecule is COc1cc(Br)cc(NC(=O)c2cncc(O)c2)c1. The molecular formula is C13H11BrN2O3. The minimum atomic E-state index is -0.358. The summed E-state index contributed by atoms with van der Waals surface area (Å²) in [7, 11) is 1.55. The number of ether oxygens (including phenoxy) is 1. The molecule has 0 saturated heterocycles. The zero-order chi connectivity index (χ0) is 13.8. The third-order valence-electron chi connectivity index (χ3n) is 2.35. The molecule has 0 radical (unpaired) electrons. The molecule has 1 heterocycles. The van der Waals surface area contributed by atoms with Crippen molar-refractivity contribution in [1.29, 1.82) is 0 Å². The molecule has 98 valence electrons. The van der Waals surface area contributed by atoms with E-state index in [4.69, 9.17) is 4.74 Å². The number of aromatic hydroxyl groups is 1. The lowest BCUT2D eigenvalue weighted by molar-refractivity contribution is 0.102. The monoisotopic (exact) mass is 322 g/mol. The third-order valence-corrected chi connectivity index (χ3v) is 2.81. The van der Waals surface area contributed by atoms with Crippen LogP contribution in [0.3, 0.4) is 0 Å². The van der Waals surface area contributed by atoms with Gasteiger partial charge in [-0.25, -0.2) is 0 Å². The van der Waals surface area contributed by atoms with Crippen molar-refractivity contribution in [2.45, 2.75) is 0 Å². The van der Waals surface area contributed by atoms with Crippen LogP contribution in [0.5, 0.6) is 11.5 Å². The fraction of sp³-hybridized carbons (Fsp3) is 0.0769. The van der Waals surface area contributed by atoms with E-state index in [1.165, 1.54) is 18.5 Å². The van der Waals surface area contributed by atoms with Gasteiger partial charge >= 0.3 is 0 Å². The molecule has 5 nitrogen and oxygen atoms in total. The Hall–Kier alpha value is -2.08. The van der Waals surface area contributed by atoms with Crippen LogP contribution >= 0.6 is 15.9 Å². The molecule has 19 heavy (non-hydrogen) atoms. The van der Waals surface area contributed by atoms with Gasteiger partial charge in [-0.2, -0.15) is 0 Å². The second-order valence-corrected chi connectivity index (χ2v) is 4.68. The summed E-state index contributed by atoms with van der Waals surface area (Å²) in [5, 5.41) is 12.0. The standard InChI is InChI=1S/C13H11BrN2O3/c1-19-12-4-9(14)3-10(5-12)16-13(18)8-2-11(17)7-15-6-8/h2-7,17H,1H3,(H,16,18). The van der Waals surface area contributed by atoms with Crippen molar-refractivity contribution in [1.82, 2.24) is 4.98 Å². The van der Waals surface area contributed by atoms with Gasteiger partial charge in [0.15, 0.2) is 0 Å². The number of methoxy groups -OCH3 is 1. The first-order valence-corrected chi connectivity index (χ1v) is 6.18. The Morgan fingerprint density at radius 3 is 2.79 bits per heavy atom. The van der Waals surface area contributed by atoms with E-state index < -0.39 is 0 Å². The molecule has 1 aromatic heterocycles. The van der Waals surface area contributed by atoms with Gasteiger partial charge in [-0.1, -0.05) is 15.9 Å². The highest BCUT2D eigenvalue weighted by Crippen LogP contribution is 2.25. The predicted molar refractivity (Wildman–Crippen MR) is 74.5 cm³/mol. The molecule has 0 fully saturated rings. The van der Waals surface area contributed by atoms with Gasteiger partial charge < -0.3 is 15.2 Å². The summed E-state index contributed by atoms with van der Waals surface area (Å²) in [5.41, 5.74) is 0.860. The summed E-state index contributed by atoms with van der Waals surface area (Å²) in [5.74, 6) is 0.210. The van der Waals surface area contributed by atoms with E-state index in [-0.39, 0.29) is 17.2 Å². The number of carbonyl (C=O) groups excluding carboxylic acids is 1. The van der Waals surface area contributed by atoms with E-state index in [0.29, 0.717) is 11.4 Å². The molecule has 0 bridgehead atoms. The number of pyridine rings is 1. The lowest BCUT2D eigenvalue weighted by Crippen LogP contribution is -2.12. The number of hydrogen-bond donors (Lipinski definition) is 2. The molecule has 0 aliphatic rings. The van der Waals surface area contributed by atoms with Crippen molar-refractivity contribution in [3.63, 3.8) is 0 Å². The summed E-state index contributed by atoms with van der Waals surface area (Å²) in [6.45, 7) is 0. The van der Waals surface area contributed by atoms with E-state index in [9.17, 15) is 9.90 Å². The largest absolute Gasteiger partial charge is 0.506 e. The Morgan fingerprint density at radius 2 is 2.11 bits per heavy atom. The van der Waals surface area contributed by atoms with E-state index >= 15 is 0 Å². The van der Waals surface area contributed by atoms with Crippen LogP contribution in [0, 0.1) is 0 Å². The summed E-state index contributed by atoms with van der Waals surface area (Å²) in [4.78, 5) is 15.7. The first-order valence-electron chi connectivity index (χ1n) is 5.38. The molecule has 0 unspecified atom stereocenters. The zero-order valence-corrected chi connectivity index (χ0v) is 11.6. The van der Waals surface area contributed by atoms with E-state index in [0.717, 1.165) is 4.47 Å². The lowest BCUT2D eigenvalue weighted by atomic mass is 10.2. The second-order valence-electron chi connectivity index (χ2n) is 3.77. The quantitative estimate of drug-likeness (QED) is 0.911. The normalized spacial score (nSPS) is 10.0. The van der Waals surface area contributed by atoms with Crippen LogP contribution in [0.25, 0.3) is 0 Å². The number of amides is 1. The Morgan fingerprint density at radius 1 is 1.32 bits per heavy atom. The fourth-order valence-electron chi connectivity index (χ4n) is 1.51. The number of carbonyl (C=O) groups is 1. The van der Waals surface area contributed by atoms with Gasteiger partial charge in [0.05, 0.1) is 18.9 Å². The van der Waals surface area contributed by atoms with Gasteiger partial charge in [-0.3, -0.25) is 9.78 Å². The van der Waals surface area contributed by atoms with Gasteiger partial charge in [0.2, 0.25) is 0 Å². The second kappa shape index (κ2) is 5.71. The third kappa shape index (κ3) is 3.45. The molecule has 0 spiro atoms. The maximum atomic E-state index is 12.0. The summed E-state index contributed by atoms with van der Waals surface area (Å²) >= 11 is 3.33. The molecule has 2 rings (SSSR count). The topological polar surface area (TPSA) is 71.5 Å². The van der Waals surface area contributed by atoms with Crippen LogP contribution in [0.4, 0.5) is 5.69 Å². The summed E-state index contributed by atoms with van der Waals surface area (Å²) in [6.07, 6.45) is 2.64. The Bertz CT molecular complexity index is 617. The molecule has 2 N–H and O–H groups in total. The lowest BCUT2D eigenvalue weighted by Gasteiger charge is -2.08. The van der Waals surface area contributed by atoms with Crippen LogP contribution in [0.15, 0.2) is 41.1 Å². The molecule has 0 aliphatic carbocycles. The number of benzene rings is 1. The van der Waals surface area contributed by atoms with E-state index in [2.05, 4.69) is 26.2 Å². The van der Waals surface area contributed by atoms with E-state index in [1.807, 2.05) is 0 Å². The molecule has 0 saturated carbocycles. The molecule has 2 aromatic rings. The Balaban J connectivity index is 2.21. The van der Waals surface area contributed by atoms with Crippen molar-refractivity contribution < 1.29 is 14.6 Å². The number of aromatic nitrogens is 1. The van der Waals surface area contributed by atoms with Gasteiger partial charge in [-0.15, -0.1) is 0 Å². The summed E-state index contributed by atoms with van der Waals surface area (Å²) < 4.78 is 5.90. The Kier molecular flexibility index (Phi) is 4.01. The number of hydrogen-bond acceptors (Lipinski definition) is 4. The number of nitrogens with zero attached hydrogens (tertiary/aromatic N) is 1. The van der Waals surface area contributed by atoms with Crippen molar-refractivity contribution in [3.05, 3.63) is 46.7 Å². The maximum Gasteiger partial charge on any atom is 0.257 e. The summed E-state index contributed by atoms with van der Waals surface area (Å²) in [6, 6.07) is 6.57. The van der Waals surface area contributed by atoms with Crippen LogP contribution in [0.1, 0.15) is 10.4 Å². The predicted octanol–water partition coefficient (Wildman–Crippen LogP) is 2.81. The highest BCUT2D eigenvalue weighted by atomic mass is 79.9. The Labute approximate surface area is 118 Å². The van der Waals surface area contributed by atoms with Gasteiger partial charge in [-0.05, 0) is 18.2 Å². The minimum Gasteiger partial charge on any atom is -0.506 e. The van der Waals surface area contributed by atoms with Gasteiger partial charge in [0, 0.05) is 22.4 Å². The van der Waals surface area contributed by atoms with Crippen LogP contribution < -0.4 is 10.1 Å². The molecule has 1 aromatic carbocycles. The van der Waals surface area contributed by atoms with Crippen molar-refractivity contribution in [2.24, 2.45) is 0 Å². The number of halogens is 1. The minimum absolute atomic E-state index is 0.0560. The van der Waals surface area contributed by atoms with Crippen molar-refractivity contribution in [3.8, 4) is 11.5 Å². The molecule has 0 aliphatic heterocycles. The van der Waals surface area contributed by atoms with Crippen LogP contribution in [-0.4, -0.2) is 23.1 Å². The van der Waals surface area contributed by atoms with Crippen LogP contribution in [0.2, 0.25) is 0 Å². The molecule has 0 atom stereocenters. The van der Waals surface area contributed by atoms with Crippen molar-refractivity contribution in [2.75, 3.05) is 12.4 Å². The zero-order valence-electron chi connectivity index (χ0n) is 10.1. The smallest absolute Gasteiger partial charge is 0.257 e. The highest BCUT2D eigenvalue weighted by Gasteiger charge is 2.08. The maximum absolute atomic E-state index is 12.0.